The van der Waals surface area contributed by atoms with Crippen molar-refractivity contribution in [2.45, 2.75) is 72.4 Å². The van der Waals surface area contributed by atoms with Crippen LogP contribution in [0.5, 0.6) is 0 Å². The maximum absolute atomic E-state index is 12.0. The highest BCUT2D eigenvalue weighted by Crippen LogP contribution is 2.35. The van der Waals surface area contributed by atoms with Gasteiger partial charge in [-0.2, -0.15) is 0 Å². The van der Waals surface area contributed by atoms with Crippen LogP contribution in [0.4, 0.5) is 0 Å². The molecule has 1 heterocycles. The zero-order chi connectivity index (χ0) is 19.8. The number of hydrogen-bond acceptors (Lipinski definition) is 7. The third-order valence-corrected chi connectivity index (χ3v) is 6.68. The van der Waals surface area contributed by atoms with Crippen molar-refractivity contribution in [2.75, 3.05) is 31.3 Å². The number of nitrogens with zero attached hydrogens (tertiary/aromatic N) is 1. The molecule has 0 amide bonds. The normalized spacial score (nSPS) is 16.1. The average Bonchev–Trinajstić information content (AvgIpc) is 3.01. The molecule has 0 aliphatic carbocycles. The fraction of sp³-hybridized carbons (Fsp3) is 0.895. The highest BCUT2D eigenvalue weighted by Gasteiger charge is 2.31. The van der Waals surface area contributed by atoms with Crippen molar-refractivity contribution in [1.29, 1.82) is 0 Å². The molecule has 152 valence electrons. The first-order valence-corrected chi connectivity index (χ1v) is 11.8. The summed E-state index contributed by atoms with van der Waals surface area (Å²) in [5, 5.41) is 0. The van der Waals surface area contributed by atoms with Crippen LogP contribution in [-0.4, -0.2) is 59.7 Å². The number of carbonyl (C=O) groups is 2. The molecule has 0 atom stereocenters. The summed E-state index contributed by atoms with van der Waals surface area (Å²) in [5.74, 6) is 1.73. The van der Waals surface area contributed by atoms with Gasteiger partial charge in [-0.25, -0.2) is 0 Å². The Bertz CT molecular complexity index is 451. The van der Waals surface area contributed by atoms with E-state index in [1.165, 1.54) is 0 Å². The molecule has 26 heavy (non-hydrogen) atoms. The largest absolute Gasteiger partial charge is 0.462 e. The first-order chi connectivity index (χ1) is 12.0. The van der Waals surface area contributed by atoms with Crippen LogP contribution in [0, 0.1) is 5.41 Å². The molecule has 0 N–H and O–H groups in total. The van der Waals surface area contributed by atoms with E-state index in [0.717, 1.165) is 17.9 Å². The van der Waals surface area contributed by atoms with Crippen molar-refractivity contribution in [3.05, 3.63) is 0 Å². The Labute approximate surface area is 166 Å². The first kappa shape index (κ1) is 23.6. The van der Waals surface area contributed by atoms with Crippen LogP contribution >= 0.6 is 21.6 Å². The van der Waals surface area contributed by atoms with Gasteiger partial charge in [-0.05, 0) is 32.6 Å². The molecule has 1 saturated heterocycles. The van der Waals surface area contributed by atoms with E-state index >= 15 is 0 Å². The van der Waals surface area contributed by atoms with Crippen molar-refractivity contribution < 1.29 is 19.1 Å². The monoisotopic (exact) mass is 405 g/mol. The Hall–Kier alpha value is -0.400. The molecule has 1 fully saturated rings. The van der Waals surface area contributed by atoms with Crippen LogP contribution in [0.15, 0.2) is 0 Å². The van der Waals surface area contributed by atoms with E-state index < -0.39 is 0 Å². The molecule has 0 spiro atoms. The van der Waals surface area contributed by atoms with Gasteiger partial charge in [0.15, 0.2) is 0 Å². The summed E-state index contributed by atoms with van der Waals surface area (Å²) in [4.78, 5) is 26.0. The lowest BCUT2D eigenvalue weighted by molar-refractivity contribution is -0.153. The van der Waals surface area contributed by atoms with Crippen LogP contribution in [0.25, 0.3) is 0 Å². The maximum atomic E-state index is 12.0. The van der Waals surface area contributed by atoms with Gasteiger partial charge in [0, 0.05) is 36.1 Å². The quantitative estimate of drug-likeness (QED) is 0.324. The average molecular weight is 406 g/mol. The van der Waals surface area contributed by atoms with Gasteiger partial charge in [-0.1, -0.05) is 42.4 Å². The summed E-state index contributed by atoms with van der Waals surface area (Å²) in [5.41, 5.74) is 0.139. The lowest BCUT2D eigenvalue weighted by atomic mass is 9.91. The summed E-state index contributed by atoms with van der Waals surface area (Å²) in [6.45, 7) is 13.8. The lowest BCUT2D eigenvalue weighted by Gasteiger charge is -2.39. The predicted molar refractivity (Wildman–Crippen MR) is 110 cm³/mol. The summed E-state index contributed by atoms with van der Waals surface area (Å²) in [6.07, 6.45) is 1.54. The number of rotatable bonds is 9. The van der Waals surface area contributed by atoms with Gasteiger partial charge >= 0.3 is 11.9 Å². The van der Waals surface area contributed by atoms with Gasteiger partial charge in [-0.3, -0.25) is 14.5 Å². The van der Waals surface area contributed by atoms with Crippen LogP contribution in [0.1, 0.15) is 60.8 Å². The molecule has 0 aromatic heterocycles. The summed E-state index contributed by atoms with van der Waals surface area (Å²) >= 11 is 0. The standard InChI is InChI=1S/C19H35NO4S2/c1-18(2,3)9-7-16(21)23-11-12-24-17(22)8-10-20(19(4,5)6)15-13-25-26-14-15/h15H,7-14H2,1-6H3. The summed E-state index contributed by atoms with van der Waals surface area (Å²) < 4.78 is 10.3. The van der Waals surface area contributed by atoms with Gasteiger partial charge in [0.05, 0.1) is 6.42 Å². The van der Waals surface area contributed by atoms with E-state index in [0.29, 0.717) is 25.4 Å². The van der Waals surface area contributed by atoms with Crippen LogP contribution in [0.2, 0.25) is 0 Å². The van der Waals surface area contributed by atoms with E-state index in [1.807, 2.05) is 21.6 Å². The molecule has 1 aliphatic heterocycles. The van der Waals surface area contributed by atoms with Crippen molar-refractivity contribution in [3.63, 3.8) is 0 Å². The lowest BCUT2D eigenvalue weighted by Crippen LogP contribution is -2.50. The van der Waals surface area contributed by atoms with Crippen molar-refractivity contribution in [1.82, 2.24) is 4.90 Å². The van der Waals surface area contributed by atoms with E-state index in [2.05, 4.69) is 46.4 Å². The molecular weight excluding hydrogens is 370 g/mol. The third-order valence-electron chi connectivity index (χ3n) is 4.15. The fourth-order valence-electron chi connectivity index (χ4n) is 2.69. The number of esters is 2. The smallest absolute Gasteiger partial charge is 0.307 e. The topological polar surface area (TPSA) is 55.8 Å². The van der Waals surface area contributed by atoms with E-state index in [1.54, 1.807) is 0 Å². The SMILES string of the molecule is CC(C)(C)CCC(=O)OCCOC(=O)CCN(C1CSSC1)C(C)(C)C. The Kier molecular flexibility index (Phi) is 9.83. The molecule has 0 aromatic rings. The minimum absolute atomic E-state index is 0.0268. The van der Waals surface area contributed by atoms with E-state index in [-0.39, 0.29) is 36.1 Å². The van der Waals surface area contributed by atoms with Gasteiger partial charge in [-0.15, -0.1) is 0 Å². The highest BCUT2D eigenvalue weighted by molar-refractivity contribution is 8.77. The van der Waals surface area contributed by atoms with Crippen LogP contribution in [0.3, 0.4) is 0 Å². The zero-order valence-electron chi connectivity index (χ0n) is 17.1. The Morgan fingerprint density at radius 1 is 0.923 bits per heavy atom. The number of hydrogen-bond donors (Lipinski definition) is 0. The van der Waals surface area contributed by atoms with Gasteiger partial charge in [0.1, 0.15) is 13.2 Å². The number of carbonyl (C=O) groups excluding carboxylic acids is 2. The van der Waals surface area contributed by atoms with Crippen molar-refractivity contribution in [2.24, 2.45) is 5.41 Å². The maximum Gasteiger partial charge on any atom is 0.307 e. The minimum Gasteiger partial charge on any atom is -0.462 e. The molecule has 0 aromatic carbocycles. The molecular formula is C19H35NO4S2. The second-order valence-electron chi connectivity index (χ2n) is 8.84. The van der Waals surface area contributed by atoms with E-state index in [4.69, 9.17) is 9.47 Å². The second kappa shape index (κ2) is 10.8. The molecule has 0 saturated carbocycles. The fourth-order valence-corrected chi connectivity index (χ4v) is 5.46. The van der Waals surface area contributed by atoms with Gasteiger partial charge < -0.3 is 9.47 Å². The molecule has 5 nitrogen and oxygen atoms in total. The van der Waals surface area contributed by atoms with Crippen molar-refractivity contribution >= 4 is 33.5 Å². The Balaban J connectivity index is 2.22. The number of ether oxygens (including phenoxy) is 2. The molecule has 7 heteroatoms. The van der Waals surface area contributed by atoms with Gasteiger partial charge in [0.2, 0.25) is 0 Å². The molecule has 0 bridgehead atoms. The van der Waals surface area contributed by atoms with Gasteiger partial charge in [0.25, 0.3) is 0 Å². The first-order valence-electron chi connectivity index (χ1n) is 9.31. The molecule has 0 radical (unpaired) electrons. The molecule has 0 unspecified atom stereocenters. The molecule has 1 aliphatic rings. The second-order valence-corrected chi connectivity index (χ2v) is 11.4. The Morgan fingerprint density at radius 2 is 1.42 bits per heavy atom. The van der Waals surface area contributed by atoms with Crippen LogP contribution in [-0.2, 0) is 19.1 Å². The Morgan fingerprint density at radius 3 is 1.88 bits per heavy atom. The predicted octanol–water partition coefficient (Wildman–Crippen LogP) is 4.15. The summed E-state index contributed by atoms with van der Waals surface area (Å²) in [7, 11) is 3.79. The highest BCUT2D eigenvalue weighted by atomic mass is 33.1. The minimum atomic E-state index is -0.233. The molecule has 1 rings (SSSR count). The van der Waals surface area contributed by atoms with Crippen LogP contribution < -0.4 is 0 Å². The van der Waals surface area contributed by atoms with E-state index in [9.17, 15) is 9.59 Å². The summed E-state index contributed by atoms with van der Waals surface area (Å²) in [6, 6.07) is 0.501. The third kappa shape index (κ3) is 10.1. The van der Waals surface area contributed by atoms with Crippen molar-refractivity contribution in [3.8, 4) is 0 Å². The zero-order valence-corrected chi connectivity index (χ0v) is 18.8.